The van der Waals surface area contributed by atoms with E-state index in [1.54, 1.807) is 12.3 Å². The summed E-state index contributed by atoms with van der Waals surface area (Å²) in [5.74, 6) is 0. The van der Waals surface area contributed by atoms with Crippen LogP contribution in [-0.4, -0.2) is 4.98 Å². The number of aromatic nitrogens is 1. The molecule has 0 aliphatic carbocycles. The molecule has 0 aliphatic heterocycles. The van der Waals surface area contributed by atoms with Crippen LogP contribution in [0.15, 0.2) is 54.7 Å². The normalized spacial score (nSPS) is 10.7. The third-order valence-corrected chi connectivity index (χ3v) is 3.99. The van der Waals surface area contributed by atoms with Gasteiger partial charge in [0.1, 0.15) is 0 Å². The maximum Gasteiger partial charge on any atom is 0.0933 e. The van der Waals surface area contributed by atoms with Crippen molar-refractivity contribution in [3.05, 3.63) is 70.3 Å². The number of rotatable bonds is 3. The second kappa shape index (κ2) is 5.70. The highest BCUT2D eigenvalue weighted by atomic mass is 35.5. The number of nitrogens with one attached hydrogen (secondary N) is 1. The molecular weight excluding hydrogens is 291 g/mol. The summed E-state index contributed by atoms with van der Waals surface area (Å²) in [6.45, 7) is 0.606. The van der Waals surface area contributed by atoms with Crippen molar-refractivity contribution in [3.8, 4) is 0 Å². The molecule has 3 aromatic rings. The van der Waals surface area contributed by atoms with Crippen molar-refractivity contribution in [2.75, 3.05) is 5.32 Å². The molecule has 0 atom stereocenters. The van der Waals surface area contributed by atoms with Crippen LogP contribution in [-0.2, 0) is 6.54 Å². The SMILES string of the molecule is Clc1cccc(CNc2cccc3cccnc23)c1Cl. The number of nitrogens with zero attached hydrogens (tertiary/aromatic N) is 1. The highest BCUT2D eigenvalue weighted by molar-refractivity contribution is 6.42. The third kappa shape index (κ3) is 2.58. The summed E-state index contributed by atoms with van der Waals surface area (Å²) in [5, 5.41) is 5.64. The molecule has 0 aliphatic rings. The highest BCUT2D eigenvalue weighted by Gasteiger charge is 2.05. The fourth-order valence-corrected chi connectivity index (χ4v) is 2.51. The number of hydrogen-bond acceptors (Lipinski definition) is 2. The Morgan fingerprint density at radius 3 is 2.65 bits per heavy atom. The first-order valence-electron chi connectivity index (χ1n) is 6.26. The summed E-state index contributed by atoms with van der Waals surface area (Å²) in [6.07, 6.45) is 1.79. The van der Waals surface area contributed by atoms with E-state index < -0.39 is 0 Å². The number of hydrogen-bond donors (Lipinski definition) is 1. The number of halogens is 2. The van der Waals surface area contributed by atoms with Crippen molar-refractivity contribution in [3.63, 3.8) is 0 Å². The standard InChI is InChI=1S/C16H12Cl2N2/c17-13-7-1-5-12(15(13)18)10-20-14-8-2-4-11-6-3-9-19-16(11)14/h1-9,20H,10H2. The number of pyridine rings is 1. The van der Waals surface area contributed by atoms with Gasteiger partial charge in [-0.15, -0.1) is 0 Å². The van der Waals surface area contributed by atoms with Crippen LogP contribution in [0.1, 0.15) is 5.56 Å². The van der Waals surface area contributed by atoms with E-state index in [0.717, 1.165) is 22.2 Å². The molecule has 3 rings (SSSR count). The van der Waals surface area contributed by atoms with Gasteiger partial charge in [0.2, 0.25) is 0 Å². The zero-order valence-electron chi connectivity index (χ0n) is 10.6. The summed E-state index contributed by atoms with van der Waals surface area (Å²) >= 11 is 12.2. The molecule has 4 heteroatoms. The van der Waals surface area contributed by atoms with Gasteiger partial charge in [0.15, 0.2) is 0 Å². The fraction of sp³-hybridized carbons (Fsp3) is 0.0625. The first-order chi connectivity index (χ1) is 9.75. The molecule has 0 bridgehead atoms. The Hall–Kier alpha value is -1.77. The van der Waals surface area contributed by atoms with Crippen LogP contribution >= 0.6 is 23.2 Å². The highest BCUT2D eigenvalue weighted by Crippen LogP contribution is 2.27. The molecule has 0 saturated carbocycles. The zero-order chi connectivity index (χ0) is 13.9. The second-order valence-electron chi connectivity index (χ2n) is 4.45. The Labute approximate surface area is 127 Å². The lowest BCUT2D eigenvalue weighted by molar-refractivity contribution is 1.15. The molecule has 2 nitrogen and oxygen atoms in total. The molecule has 0 spiro atoms. The van der Waals surface area contributed by atoms with Crippen LogP contribution in [0.2, 0.25) is 10.0 Å². The molecule has 100 valence electrons. The maximum atomic E-state index is 6.19. The lowest BCUT2D eigenvalue weighted by Gasteiger charge is -2.10. The largest absolute Gasteiger partial charge is 0.379 e. The van der Waals surface area contributed by atoms with Crippen LogP contribution in [0, 0.1) is 0 Å². The lowest BCUT2D eigenvalue weighted by Crippen LogP contribution is -2.01. The van der Waals surface area contributed by atoms with Gasteiger partial charge in [-0.25, -0.2) is 0 Å². The molecule has 1 heterocycles. The van der Waals surface area contributed by atoms with Crippen molar-refractivity contribution >= 4 is 39.8 Å². The van der Waals surface area contributed by atoms with Gasteiger partial charge in [0.25, 0.3) is 0 Å². The quantitative estimate of drug-likeness (QED) is 0.723. The monoisotopic (exact) mass is 302 g/mol. The van der Waals surface area contributed by atoms with Crippen molar-refractivity contribution in [2.45, 2.75) is 6.54 Å². The van der Waals surface area contributed by atoms with Crippen molar-refractivity contribution < 1.29 is 0 Å². The number of fused-ring (bicyclic) bond motifs is 1. The van der Waals surface area contributed by atoms with Gasteiger partial charge in [0.05, 0.1) is 21.2 Å². The first-order valence-corrected chi connectivity index (χ1v) is 7.02. The Kier molecular flexibility index (Phi) is 3.77. The average molecular weight is 303 g/mol. The van der Waals surface area contributed by atoms with E-state index in [1.165, 1.54) is 0 Å². The van der Waals surface area contributed by atoms with Crippen LogP contribution in [0.3, 0.4) is 0 Å². The first kappa shape index (κ1) is 13.2. The van der Waals surface area contributed by atoms with E-state index >= 15 is 0 Å². The molecule has 2 aromatic carbocycles. The minimum absolute atomic E-state index is 0.571. The van der Waals surface area contributed by atoms with E-state index in [1.807, 2.05) is 42.5 Å². The van der Waals surface area contributed by atoms with Gasteiger partial charge in [0, 0.05) is 18.1 Å². The van der Waals surface area contributed by atoms with E-state index in [4.69, 9.17) is 23.2 Å². The summed E-state index contributed by atoms with van der Waals surface area (Å²) in [7, 11) is 0. The molecule has 20 heavy (non-hydrogen) atoms. The Bertz CT molecular complexity index is 751. The minimum atomic E-state index is 0.571. The molecule has 1 N–H and O–H groups in total. The third-order valence-electron chi connectivity index (χ3n) is 3.13. The summed E-state index contributed by atoms with van der Waals surface area (Å²) in [4.78, 5) is 4.41. The van der Waals surface area contributed by atoms with Crippen LogP contribution in [0.4, 0.5) is 5.69 Å². The topological polar surface area (TPSA) is 24.9 Å². The Morgan fingerprint density at radius 2 is 1.75 bits per heavy atom. The summed E-state index contributed by atoms with van der Waals surface area (Å²) in [5.41, 5.74) is 2.90. The molecule has 0 saturated heterocycles. The van der Waals surface area contributed by atoms with Crippen molar-refractivity contribution in [1.82, 2.24) is 4.98 Å². The molecule has 0 unspecified atom stereocenters. The number of para-hydroxylation sites is 1. The molecule has 0 fully saturated rings. The van der Waals surface area contributed by atoms with Crippen LogP contribution in [0.5, 0.6) is 0 Å². The van der Waals surface area contributed by atoms with Gasteiger partial charge in [-0.2, -0.15) is 0 Å². The smallest absolute Gasteiger partial charge is 0.0933 e. The van der Waals surface area contributed by atoms with Crippen LogP contribution in [0.25, 0.3) is 10.9 Å². The van der Waals surface area contributed by atoms with Crippen LogP contribution < -0.4 is 5.32 Å². The van der Waals surface area contributed by atoms with Gasteiger partial charge < -0.3 is 5.32 Å². The molecule has 0 amide bonds. The maximum absolute atomic E-state index is 6.19. The zero-order valence-corrected chi connectivity index (χ0v) is 12.1. The number of anilines is 1. The van der Waals surface area contributed by atoms with E-state index in [2.05, 4.69) is 10.3 Å². The average Bonchev–Trinajstić information content (AvgIpc) is 2.49. The predicted octanol–water partition coefficient (Wildman–Crippen LogP) is 5.15. The van der Waals surface area contributed by atoms with Gasteiger partial charge in [-0.3, -0.25) is 4.98 Å². The van der Waals surface area contributed by atoms with Crippen molar-refractivity contribution in [2.24, 2.45) is 0 Å². The summed E-state index contributed by atoms with van der Waals surface area (Å²) in [6, 6.07) is 15.7. The Morgan fingerprint density at radius 1 is 0.950 bits per heavy atom. The van der Waals surface area contributed by atoms with Gasteiger partial charge >= 0.3 is 0 Å². The molecule has 1 aromatic heterocycles. The van der Waals surface area contributed by atoms with Gasteiger partial charge in [-0.1, -0.05) is 53.5 Å². The van der Waals surface area contributed by atoms with E-state index in [-0.39, 0.29) is 0 Å². The van der Waals surface area contributed by atoms with Crippen molar-refractivity contribution in [1.29, 1.82) is 0 Å². The van der Waals surface area contributed by atoms with E-state index in [0.29, 0.717) is 16.6 Å². The second-order valence-corrected chi connectivity index (χ2v) is 5.23. The summed E-state index contributed by atoms with van der Waals surface area (Å²) < 4.78 is 0. The minimum Gasteiger partial charge on any atom is -0.379 e. The van der Waals surface area contributed by atoms with E-state index in [9.17, 15) is 0 Å². The lowest BCUT2D eigenvalue weighted by atomic mass is 10.1. The number of benzene rings is 2. The molecular formula is C16H12Cl2N2. The Balaban J connectivity index is 1.89. The predicted molar refractivity (Wildman–Crippen MR) is 85.5 cm³/mol. The van der Waals surface area contributed by atoms with Gasteiger partial charge in [-0.05, 0) is 23.8 Å². The fourth-order valence-electron chi connectivity index (χ4n) is 2.12. The molecule has 0 radical (unpaired) electrons.